The Morgan fingerprint density at radius 1 is 1.10 bits per heavy atom. The van der Waals surface area contributed by atoms with Crippen LogP contribution in [-0.2, 0) is 4.74 Å². The van der Waals surface area contributed by atoms with Gasteiger partial charge in [0.15, 0.2) is 0 Å². The Morgan fingerprint density at radius 3 is 2.62 bits per heavy atom. The molecular weight excluding hydrogens is 268 g/mol. The van der Waals surface area contributed by atoms with E-state index in [2.05, 4.69) is 14.7 Å². The standard InChI is InChI=1S/C16H14N2O3/c1-20-13-6-5-10-7-12(4-3-11(10)8-13)15-17-9-14(18-15)16(19)21-2/h3-9H,1-2H3,(H,17,18). The number of esters is 1. The van der Waals surface area contributed by atoms with Crippen LogP contribution in [0.15, 0.2) is 42.6 Å². The summed E-state index contributed by atoms with van der Waals surface area (Å²) in [5.41, 5.74) is 1.24. The van der Waals surface area contributed by atoms with Crippen molar-refractivity contribution in [3.8, 4) is 17.1 Å². The molecule has 0 unspecified atom stereocenters. The molecule has 0 atom stereocenters. The van der Waals surface area contributed by atoms with Crippen molar-refractivity contribution in [2.75, 3.05) is 14.2 Å². The average Bonchev–Trinajstić information content (AvgIpc) is 3.03. The van der Waals surface area contributed by atoms with Gasteiger partial charge in [-0.1, -0.05) is 18.2 Å². The predicted octanol–water partition coefficient (Wildman–Crippen LogP) is 3.03. The van der Waals surface area contributed by atoms with Gasteiger partial charge in [0.1, 0.15) is 17.3 Å². The molecular formula is C16H14N2O3. The highest BCUT2D eigenvalue weighted by Crippen LogP contribution is 2.25. The summed E-state index contributed by atoms with van der Waals surface area (Å²) in [5, 5.41) is 2.15. The molecule has 21 heavy (non-hydrogen) atoms. The zero-order chi connectivity index (χ0) is 14.8. The lowest BCUT2D eigenvalue weighted by Gasteiger charge is -2.04. The molecule has 3 aromatic rings. The molecule has 0 saturated carbocycles. The van der Waals surface area contributed by atoms with Crippen molar-refractivity contribution >= 4 is 16.7 Å². The number of imidazole rings is 1. The van der Waals surface area contributed by atoms with Gasteiger partial charge in [0.05, 0.1) is 20.4 Å². The number of fused-ring (bicyclic) bond motifs is 1. The third-order valence-corrected chi connectivity index (χ3v) is 3.30. The normalized spacial score (nSPS) is 10.6. The van der Waals surface area contributed by atoms with Crippen molar-refractivity contribution < 1.29 is 14.3 Å². The van der Waals surface area contributed by atoms with Crippen LogP contribution in [0.2, 0.25) is 0 Å². The Labute approximate surface area is 121 Å². The lowest BCUT2D eigenvalue weighted by Crippen LogP contribution is -2.00. The smallest absolute Gasteiger partial charge is 0.356 e. The van der Waals surface area contributed by atoms with E-state index in [0.29, 0.717) is 11.5 Å². The Morgan fingerprint density at radius 2 is 1.86 bits per heavy atom. The molecule has 5 nitrogen and oxygen atoms in total. The van der Waals surface area contributed by atoms with Crippen molar-refractivity contribution in [2.24, 2.45) is 0 Å². The van der Waals surface area contributed by atoms with Gasteiger partial charge in [0, 0.05) is 5.56 Å². The monoisotopic (exact) mass is 282 g/mol. The van der Waals surface area contributed by atoms with Gasteiger partial charge < -0.3 is 14.5 Å². The van der Waals surface area contributed by atoms with E-state index in [-0.39, 0.29) is 0 Å². The fourth-order valence-corrected chi connectivity index (χ4v) is 2.18. The molecule has 3 rings (SSSR count). The van der Waals surface area contributed by atoms with E-state index in [1.54, 1.807) is 7.11 Å². The summed E-state index contributed by atoms with van der Waals surface area (Å²) in [6.45, 7) is 0. The van der Waals surface area contributed by atoms with Crippen LogP contribution >= 0.6 is 0 Å². The van der Waals surface area contributed by atoms with Crippen LogP contribution in [0, 0.1) is 0 Å². The Hall–Kier alpha value is -2.82. The summed E-state index contributed by atoms with van der Waals surface area (Å²) in [7, 11) is 2.99. The average molecular weight is 282 g/mol. The van der Waals surface area contributed by atoms with Gasteiger partial charge in [0.2, 0.25) is 0 Å². The van der Waals surface area contributed by atoms with E-state index in [0.717, 1.165) is 22.1 Å². The minimum Gasteiger partial charge on any atom is -0.497 e. The summed E-state index contributed by atoms with van der Waals surface area (Å²) < 4.78 is 9.87. The molecule has 0 fully saturated rings. The molecule has 0 saturated heterocycles. The molecule has 0 spiro atoms. The quantitative estimate of drug-likeness (QED) is 0.750. The summed E-state index contributed by atoms with van der Waals surface area (Å²) in [4.78, 5) is 18.6. The molecule has 0 aliphatic carbocycles. The molecule has 106 valence electrons. The summed E-state index contributed by atoms with van der Waals surface area (Å²) in [5.74, 6) is 1.02. The van der Waals surface area contributed by atoms with Gasteiger partial charge in [0.25, 0.3) is 0 Å². The first kappa shape index (κ1) is 13.2. The van der Waals surface area contributed by atoms with Gasteiger partial charge in [-0.15, -0.1) is 0 Å². The number of rotatable bonds is 3. The van der Waals surface area contributed by atoms with Gasteiger partial charge in [-0.3, -0.25) is 0 Å². The van der Waals surface area contributed by atoms with Crippen molar-refractivity contribution in [1.29, 1.82) is 0 Å². The lowest BCUT2D eigenvalue weighted by molar-refractivity contribution is 0.0595. The van der Waals surface area contributed by atoms with Crippen LogP contribution in [0.5, 0.6) is 5.75 Å². The van der Waals surface area contributed by atoms with Gasteiger partial charge >= 0.3 is 5.97 Å². The zero-order valence-corrected chi connectivity index (χ0v) is 11.7. The molecule has 0 radical (unpaired) electrons. The Kier molecular flexibility index (Phi) is 3.31. The third-order valence-electron chi connectivity index (χ3n) is 3.30. The third kappa shape index (κ3) is 2.45. The predicted molar refractivity (Wildman–Crippen MR) is 79.4 cm³/mol. The van der Waals surface area contributed by atoms with Gasteiger partial charge in [-0.25, -0.2) is 9.78 Å². The number of H-pyrrole nitrogens is 1. The summed E-state index contributed by atoms with van der Waals surface area (Å²) in [6.07, 6.45) is 1.47. The zero-order valence-electron chi connectivity index (χ0n) is 11.7. The minimum absolute atomic E-state index is 0.335. The van der Waals surface area contributed by atoms with Crippen LogP contribution in [-0.4, -0.2) is 30.2 Å². The van der Waals surface area contributed by atoms with Crippen molar-refractivity contribution in [2.45, 2.75) is 0 Å². The van der Waals surface area contributed by atoms with Crippen LogP contribution < -0.4 is 4.74 Å². The molecule has 1 N–H and O–H groups in total. The highest BCUT2D eigenvalue weighted by atomic mass is 16.5. The first-order valence-electron chi connectivity index (χ1n) is 6.43. The minimum atomic E-state index is -0.431. The van der Waals surface area contributed by atoms with Crippen LogP contribution in [0.25, 0.3) is 22.2 Å². The molecule has 0 aliphatic heterocycles. The SMILES string of the molecule is COC(=O)c1cnc(-c2ccc3cc(OC)ccc3c2)[nH]1. The topological polar surface area (TPSA) is 64.2 Å². The number of hydrogen-bond donors (Lipinski definition) is 1. The van der Waals surface area contributed by atoms with Crippen LogP contribution in [0.4, 0.5) is 0 Å². The van der Waals surface area contributed by atoms with E-state index in [1.165, 1.54) is 13.3 Å². The number of nitrogens with one attached hydrogen (secondary N) is 1. The number of aromatic amines is 1. The second-order valence-corrected chi connectivity index (χ2v) is 4.56. The molecule has 0 amide bonds. The first-order chi connectivity index (χ1) is 10.2. The number of nitrogens with zero attached hydrogens (tertiary/aromatic N) is 1. The molecule has 5 heteroatoms. The van der Waals surface area contributed by atoms with E-state index in [9.17, 15) is 4.79 Å². The van der Waals surface area contributed by atoms with Crippen molar-refractivity contribution in [3.63, 3.8) is 0 Å². The van der Waals surface area contributed by atoms with Crippen LogP contribution in [0.1, 0.15) is 10.5 Å². The van der Waals surface area contributed by atoms with Crippen molar-refractivity contribution in [3.05, 3.63) is 48.3 Å². The number of carbonyl (C=O) groups is 1. The maximum Gasteiger partial charge on any atom is 0.356 e. The maximum absolute atomic E-state index is 11.4. The number of benzene rings is 2. The Balaban J connectivity index is 2.01. The maximum atomic E-state index is 11.4. The van der Waals surface area contributed by atoms with Crippen LogP contribution in [0.3, 0.4) is 0 Å². The number of aromatic nitrogens is 2. The van der Waals surface area contributed by atoms with Gasteiger partial charge in [-0.2, -0.15) is 0 Å². The number of hydrogen-bond acceptors (Lipinski definition) is 4. The first-order valence-corrected chi connectivity index (χ1v) is 6.43. The number of methoxy groups -OCH3 is 2. The molecule has 1 aromatic heterocycles. The largest absolute Gasteiger partial charge is 0.497 e. The fraction of sp³-hybridized carbons (Fsp3) is 0.125. The van der Waals surface area contributed by atoms with E-state index >= 15 is 0 Å². The Bertz CT molecular complexity index is 808. The van der Waals surface area contributed by atoms with E-state index < -0.39 is 5.97 Å². The lowest BCUT2D eigenvalue weighted by atomic mass is 10.1. The van der Waals surface area contributed by atoms with E-state index in [1.807, 2.05) is 36.4 Å². The molecule has 1 heterocycles. The van der Waals surface area contributed by atoms with E-state index in [4.69, 9.17) is 4.74 Å². The number of ether oxygens (including phenoxy) is 2. The second-order valence-electron chi connectivity index (χ2n) is 4.56. The second kappa shape index (κ2) is 5.28. The van der Waals surface area contributed by atoms with Crippen molar-refractivity contribution in [1.82, 2.24) is 9.97 Å². The molecule has 0 aliphatic rings. The number of carbonyl (C=O) groups excluding carboxylic acids is 1. The summed E-state index contributed by atoms with van der Waals surface area (Å²) >= 11 is 0. The highest BCUT2D eigenvalue weighted by molar-refractivity contribution is 5.89. The molecule has 0 bridgehead atoms. The summed E-state index contributed by atoms with van der Waals surface area (Å²) in [6, 6.07) is 11.8. The molecule has 2 aromatic carbocycles. The van der Waals surface area contributed by atoms with Gasteiger partial charge in [-0.05, 0) is 29.0 Å². The highest BCUT2D eigenvalue weighted by Gasteiger charge is 2.10. The fourth-order valence-electron chi connectivity index (χ4n) is 2.18.